The normalized spacial score (nSPS) is 20.5. The van der Waals surface area contributed by atoms with Crippen molar-refractivity contribution in [1.82, 2.24) is 14.6 Å². The molecular weight excluding hydrogens is 380 g/mol. The van der Waals surface area contributed by atoms with E-state index in [0.29, 0.717) is 25.4 Å². The molecule has 1 aliphatic rings. The molecule has 150 valence electrons. The number of rotatable bonds is 5. The maximum absolute atomic E-state index is 13.0. The van der Waals surface area contributed by atoms with Crippen molar-refractivity contribution >= 4 is 21.7 Å². The van der Waals surface area contributed by atoms with Crippen molar-refractivity contribution in [3.05, 3.63) is 54.4 Å². The number of hydrogen-bond acceptors (Lipinski definition) is 5. The van der Waals surface area contributed by atoms with Crippen molar-refractivity contribution in [3.8, 4) is 0 Å². The first-order valence-corrected chi connectivity index (χ1v) is 10.5. The first-order valence-electron chi connectivity index (χ1n) is 9.03. The Morgan fingerprint density at radius 3 is 2.46 bits per heavy atom. The molecular formula is C19H24N4O4S. The average molecular weight is 404 g/mol. The van der Waals surface area contributed by atoms with Crippen molar-refractivity contribution in [2.24, 2.45) is 0 Å². The van der Waals surface area contributed by atoms with Gasteiger partial charge in [-0.15, -0.1) is 0 Å². The molecule has 0 radical (unpaired) electrons. The topological polar surface area (TPSA) is 101 Å². The van der Waals surface area contributed by atoms with Crippen LogP contribution in [0.1, 0.15) is 19.4 Å². The average Bonchev–Trinajstić information content (AvgIpc) is 2.67. The Balaban J connectivity index is 1.63. The van der Waals surface area contributed by atoms with Gasteiger partial charge in [0.2, 0.25) is 10.0 Å². The summed E-state index contributed by atoms with van der Waals surface area (Å²) in [6, 6.07) is 8.97. The van der Waals surface area contributed by atoms with Crippen molar-refractivity contribution in [1.29, 1.82) is 0 Å². The minimum Gasteiger partial charge on any atom is -0.378 e. The van der Waals surface area contributed by atoms with Crippen LogP contribution in [0.25, 0.3) is 0 Å². The number of anilines is 1. The van der Waals surface area contributed by atoms with Gasteiger partial charge in [0, 0.05) is 36.7 Å². The second kappa shape index (κ2) is 8.68. The van der Waals surface area contributed by atoms with E-state index in [1.807, 2.05) is 19.9 Å². The van der Waals surface area contributed by atoms with Crippen molar-refractivity contribution in [3.63, 3.8) is 0 Å². The van der Waals surface area contributed by atoms with E-state index in [2.05, 4.69) is 15.6 Å². The molecule has 3 rings (SSSR count). The number of morpholine rings is 1. The number of aromatic nitrogens is 1. The van der Waals surface area contributed by atoms with E-state index in [4.69, 9.17) is 4.74 Å². The quantitative estimate of drug-likeness (QED) is 0.796. The Morgan fingerprint density at radius 1 is 1.18 bits per heavy atom. The zero-order valence-electron chi connectivity index (χ0n) is 15.8. The summed E-state index contributed by atoms with van der Waals surface area (Å²) >= 11 is 0. The summed E-state index contributed by atoms with van der Waals surface area (Å²) in [5.74, 6) is 0. The summed E-state index contributed by atoms with van der Waals surface area (Å²) in [6.07, 6.45) is 3.34. The lowest BCUT2D eigenvalue weighted by atomic mass is 10.2. The van der Waals surface area contributed by atoms with Crippen molar-refractivity contribution < 1.29 is 17.9 Å². The maximum atomic E-state index is 13.0. The molecule has 1 aliphatic heterocycles. The van der Waals surface area contributed by atoms with Gasteiger partial charge in [-0.2, -0.15) is 4.31 Å². The van der Waals surface area contributed by atoms with E-state index in [1.165, 1.54) is 16.4 Å². The Kier molecular flexibility index (Phi) is 6.28. The first kappa shape index (κ1) is 20.2. The number of hydrogen-bond donors (Lipinski definition) is 2. The van der Waals surface area contributed by atoms with Crippen LogP contribution in [-0.4, -0.2) is 49.0 Å². The maximum Gasteiger partial charge on any atom is 0.319 e. The molecule has 2 N–H and O–H groups in total. The second-order valence-corrected chi connectivity index (χ2v) is 8.61. The van der Waals surface area contributed by atoms with Gasteiger partial charge in [0.15, 0.2) is 0 Å². The monoisotopic (exact) mass is 404 g/mol. The number of urea groups is 1. The fourth-order valence-corrected chi connectivity index (χ4v) is 4.95. The highest BCUT2D eigenvalue weighted by Gasteiger charge is 2.36. The molecule has 28 heavy (non-hydrogen) atoms. The molecule has 0 spiro atoms. The van der Waals surface area contributed by atoms with Gasteiger partial charge < -0.3 is 15.4 Å². The summed E-state index contributed by atoms with van der Waals surface area (Å²) in [6.45, 7) is 4.75. The molecule has 2 heterocycles. The molecule has 8 nitrogen and oxygen atoms in total. The summed E-state index contributed by atoms with van der Waals surface area (Å²) < 4.78 is 32.8. The van der Waals surface area contributed by atoms with Gasteiger partial charge in [-0.05, 0) is 49.7 Å². The second-order valence-electron chi connectivity index (χ2n) is 6.76. The van der Waals surface area contributed by atoms with Crippen LogP contribution in [0.15, 0.2) is 53.7 Å². The van der Waals surface area contributed by atoms with Gasteiger partial charge in [-0.1, -0.05) is 6.07 Å². The molecule has 1 aromatic heterocycles. The van der Waals surface area contributed by atoms with E-state index < -0.39 is 10.0 Å². The smallest absolute Gasteiger partial charge is 0.319 e. The van der Waals surface area contributed by atoms with E-state index in [9.17, 15) is 13.2 Å². The molecule has 0 bridgehead atoms. The van der Waals surface area contributed by atoms with Crippen LogP contribution >= 0.6 is 0 Å². The number of amides is 2. The number of ether oxygens (including phenoxy) is 1. The summed E-state index contributed by atoms with van der Waals surface area (Å²) in [5, 5.41) is 5.41. The zero-order chi connectivity index (χ0) is 20.1. The first-order chi connectivity index (χ1) is 13.4. The van der Waals surface area contributed by atoms with Gasteiger partial charge >= 0.3 is 6.03 Å². The Hall–Kier alpha value is -2.49. The molecule has 2 aromatic rings. The van der Waals surface area contributed by atoms with Crippen LogP contribution in [0, 0.1) is 0 Å². The third kappa shape index (κ3) is 4.67. The Morgan fingerprint density at radius 2 is 1.86 bits per heavy atom. The lowest BCUT2D eigenvalue weighted by Crippen LogP contribution is -2.52. The van der Waals surface area contributed by atoms with Crippen LogP contribution in [0.5, 0.6) is 0 Å². The number of nitrogens with zero attached hydrogens (tertiary/aromatic N) is 2. The SMILES string of the molecule is CC1COCC(C)N1S(=O)(=O)c1ccc(NC(=O)NCc2cccnc2)cc1. The van der Waals surface area contributed by atoms with E-state index in [1.54, 1.807) is 30.6 Å². The van der Waals surface area contributed by atoms with Crippen LogP contribution in [0.3, 0.4) is 0 Å². The standard InChI is InChI=1S/C19H24N4O4S/c1-14-12-27-13-15(2)23(14)28(25,26)18-7-5-17(6-8-18)22-19(24)21-11-16-4-3-9-20-10-16/h3-10,14-15H,11-13H2,1-2H3,(H2,21,22,24). The summed E-state index contributed by atoms with van der Waals surface area (Å²) in [4.78, 5) is 16.2. The third-order valence-corrected chi connectivity index (χ3v) is 6.59. The number of pyridine rings is 1. The Labute approximate surface area is 165 Å². The summed E-state index contributed by atoms with van der Waals surface area (Å²) in [5.41, 5.74) is 1.39. The fraction of sp³-hybridized carbons (Fsp3) is 0.368. The highest BCUT2D eigenvalue weighted by Crippen LogP contribution is 2.25. The number of carbonyl (C=O) groups excluding carboxylic acids is 1. The molecule has 9 heteroatoms. The van der Waals surface area contributed by atoms with Gasteiger partial charge in [0.1, 0.15) is 0 Å². The fourth-order valence-electron chi connectivity index (χ4n) is 3.16. The molecule has 1 aromatic carbocycles. The molecule has 2 amide bonds. The predicted molar refractivity (Wildman–Crippen MR) is 105 cm³/mol. The van der Waals surface area contributed by atoms with Crippen molar-refractivity contribution in [2.75, 3.05) is 18.5 Å². The number of sulfonamides is 1. The molecule has 1 saturated heterocycles. The highest BCUT2D eigenvalue weighted by molar-refractivity contribution is 7.89. The minimum atomic E-state index is -3.63. The van der Waals surface area contributed by atoms with E-state index in [0.717, 1.165) is 5.56 Å². The van der Waals surface area contributed by atoms with Gasteiger partial charge in [0.25, 0.3) is 0 Å². The third-order valence-electron chi connectivity index (χ3n) is 4.45. The number of benzene rings is 1. The largest absolute Gasteiger partial charge is 0.378 e. The molecule has 2 unspecified atom stereocenters. The van der Waals surface area contributed by atoms with Crippen LogP contribution in [0.2, 0.25) is 0 Å². The lowest BCUT2D eigenvalue weighted by Gasteiger charge is -2.37. The van der Waals surface area contributed by atoms with Gasteiger partial charge in [-0.25, -0.2) is 13.2 Å². The molecule has 2 atom stereocenters. The number of carbonyl (C=O) groups is 1. The van der Waals surface area contributed by atoms with Crippen LogP contribution in [-0.2, 0) is 21.3 Å². The zero-order valence-corrected chi connectivity index (χ0v) is 16.6. The van der Waals surface area contributed by atoms with E-state index >= 15 is 0 Å². The number of nitrogens with one attached hydrogen (secondary N) is 2. The van der Waals surface area contributed by atoms with Gasteiger partial charge in [-0.3, -0.25) is 4.98 Å². The lowest BCUT2D eigenvalue weighted by molar-refractivity contribution is 0.00636. The molecule has 0 aliphatic carbocycles. The minimum absolute atomic E-state index is 0.189. The molecule has 1 fully saturated rings. The van der Waals surface area contributed by atoms with Crippen LogP contribution < -0.4 is 10.6 Å². The van der Waals surface area contributed by atoms with Crippen molar-refractivity contribution in [2.45, 2.75) is 37.4 Å². The highest BCUT2D eigenvalue weighted by atomic mass is 32.2. The van der Waals surface area contributed by atoms with E-state index in [-0.39, 0.29) is 23.0 Å². The Bertz CT molecular complexity index is 893. The van der Waals surface area contributed by atoms with Crippen LogP contribution in [0.4, 0.5) is 10.5 Å². The summed E-state index contributed by atoms with van der Waals surface area (Å²) in [7, 11) is -3.63. The molecule has 0 saturated carbocycles. The predicted octanol–water partition coefficient (Wildman–Crippen LogP) is 2.20. The van der Waals surface area contributed by atoms with Gasteiger partial charge in [0.05, 0.1) is 18.1 Å².